The average molecular weight is 425 g/mol. The molecule has 0 bridgehead atoms. The quantitative estimate of drug-likeness (QED) is 0.583. The highest BCUT2D eigenvalue weighted by atomic mass is 32.2. The van der Waals surface area contributed by atoms with E-state index in [-0.39, 0.29) is 39.5 Å². The van der Waals surface area contributed by atoms with Crippen LogP contribution in [0.5, 0.6) is 11.6 Å². The lowest BCUT2D eigenvalue weighted by atomic mass is 10.2. The topological polar surface area (TPSA) is 99.5 Å². The molecule has 1 aromatic carbocycles. The molecule has 0 amide bonds. The molecule has 0 unspecified atom stereocenters. The van der Waals surface area contributed by atoms with Crippen LogP contribution in [0.25, 0.3) is 10.8 Å². The van der Waals surface area contributed by atoms with Gasteiger partial charge in [0.25, 0.3) is 21.5 Å². The molecular weight excluding hydrogens is 408 g/mol. The fourth-order valence-electron chi connectivity index (χ4n) is 2.69. The maximum atomic E-state index is 14.4. The molecule has 0 aliphatic heterocycles. The van der Waals surface area contributed by atoms with Crippen LogP contribution >= 0.6 is 0 Å². The maximum Gasteiger partial charge on any atom is 0.262 e. The van der Waals surface area contributed by atoms with Crippen LogP contribution in [0, 0.1) is 5.95 Å². The Bertz CT molecular complexity index is 1230. The lowest BCUT2D eigenvalue weighted by Crippen LogP contribution is -2.19. The molecule has 0 saturated heterocycles. The highest BCUT2D eigenvalue weighted by Gasteiger charge is 2.22. The first kappa shape index (κ1) is 20.5. The van der Waals surface area contributed by atoms with Gasteiger partial charge in [0.15, 0.2) is 5.75 Å². The molecule has 2 heterocycles. The van der Waals surface area contributed by atoms with Gasteiger partial charge >= 0.3 is 0 Å². The molecular formula is C18H17F2N3O5S. The van der Waals surface area contributed by atoms with Crippen molar-refractivity contribution >= 4 is 26.5 Å². The van der Waals surface area contributed by atoms with Crippen LogP contribution in [0.1, 0.15) is 0 Å². The molecule has 0 fully saturated rings. The van der Waals surface area contributed by atoms with E-state index >= 15 is 0 Å². The van der Waals surface area contributed by atoms with Crippen molar-refractivity contribution in [2.24, 2.45) is 7.05 Å². The number of nitrogens with one attached hydrogen (secondary N) is 1. The van der Waals surface area contributed by atoms with Crippen LogP contribution < -0.4 is 19.8 Å². The van der Waals surface area contributed by atoms with Gasteiger partial charge in [-0.15, -0.1) is 0 Å². The van der Waals surface area contributed by atoms with E-state index in [2.05, 4.69) is 9.71 Å². The summed E-state index contributed by atoms with van der Waals surface area (Å²) in [4.78, 5) is 15.5. The minimum atomic E-state index is -4.28. The first-order valence-electron chi connectivity index (χ1n) is 8.33. The van der Waals surface area contributed by atoms with Crippen molar-refractivity contribution in [2.75, 3.05) is 25.1 Å². The summed E-state index contributed by atoms with van der Waals surface area (Å²) in [5.41, 5.74) is -0.862. The number of benzene rings is 1. The number of halogens is 2. The fourth-order valence-corrected chi connectivity index (χ4v) is 3.96. The van der Waals surface area contributed by atoms with E-state index in [0.29, 0.717) is 0 Å². The third-order valence-corrected chi connectivity index (χ3v) is 5.48. The van der Waals surface area contributed by atoms with Crippen LogP contribution in [-0.4, -0.2) is 38.4 Å². The standard InChI is InChI=1S/C18H17F2N3O5S/c1-23-8-6-11-12(18(23)24)4-3-5-15(11)29(25,26)22-13-10-14(27-2)17(21-16(13)20)28-9-7-19/h3-6,8,10,22H,7,9H2,1-2H3. The summed E-state index contributed by atoms with van der Waals surface area (Å²) in [5, 5.41) is 0.385. The molecule has 29 heavy (non-hydrogen) atoms. The zero-order valence-electron chi connectivity index (χ0n) is 15.5. The van der Waals surface area contributed by atoms with Crippen LogP contribution in [0.3, 0.4) is 0 Å². The molecule has 1 N–H and O–H groups in total. The van der Waals surface area contributed by atoms with Gasteiger partial charge in [0.2, 0.25) is 5.95 Å². The molecule has 2 aromatic heterocycles. The molecule has 8 nitrogen and oxygen atoms in total. The van der Waals surface area contributed by atoms with E-state index in [0.717, 1.165) is 6.07 Å². The number of aryl methyl sites for hydroxylation is 1. The van der Waals surface area contributed by atoms with E-state index in [1.807, 2.05) is 0 Å². The van der Waals surface area contributed by atoms with E-state index < -0.39 is 28.3 Å². The Labute approximate surface area is 164 Å². The highest BCUT2D eigenvalue weighted by Crippen LogP contribution is 2.31. The van der Waals surface area contributed by atoms with Crippen molar-refractivity contribution in [1.82, 2.24) is 9.55 Å². The third kappa shape index (κ3) is 3.99. The van der Waals surface area contributed by atoms with Crippen molar-refractivity contribution in [3.05, 3.63) is 52.8 Å². The number of pyridine rings is 2. The lowest BCUT2D eigenvalue weighted by molar-refractivity contribution is 0.247. The minimum absolute atomic E-state index is 0.0793. The number of hydrogen-bond donors (Lipinski definition) is 1. The van der Waals surface area contributed by atoms with Gasteiger partial charge in [0.1, 0.15) is 19.0 Å². The van der Waals surface area contributed by atoms with E-state index in [1.54, 1.807) is 7.05 Å². The van der Waals surface area contributed by atoms with Gasteiger partial charge in [-0.05, 0) is 18.2 Å². The number of nitrogens with zero attached hydrogens (tertiary/aromatic N) is 2. The Morgan fingerprint density at radius 1 is 1.24 bits per heavy atom. The second-order valence-corrected chi connectivity index (χ2v) is 7.58. The van der Waals surface area contributed by atoms with Gasteiger partial charge in [0.05, 0.1) is 12.0 Å². The third-order valence-electron chi connectivity index (χ3n) is 4.06. The summed E-state index contributed by atoms with van der Waals surface area (Å²) >= 11 is 0. The molecule has 0 saturated carbocycles. The number of hydrogen-bond acceptors (Lipinski definition) is 6. The van der Waals surface area contributed by atoms with E-state index in [4.69, 9.17) is 9.47 Å². The van der Waals surface area contributed by atoms with Crippen molar-refractivity contribution in [3.8, 4) is 11.6 Å². The van der Waals surface area contributed by atoms with Crippen molar-refractivity contribution in [2.45, 2.75) is 4.90 Å². The number of anilines is 1. The van der Waals surface area contributed by atoms with E-state index in [1.165, 1.54) is 42.1 Å². The molecule has 0 radical (unpaired) electrons. The first-order chi connectivity index (χ1) is 13.8. The van der Waals surface area contributed by atoms with Crippen molar-refractivity contribution in [3.63, 3.8) is 0 Å². The molecule has 3 aromatic rings. The smallest absolute Gasteiger partial charge is 0.262 e. The molecule has 0 aliphatic carbocycles. The average Bonchev–Trinajstić information content (AvgIpc) is 2.70. The summed E-state index contributed by atoms with van der Waals surface area (Å²) in [6.45, 7) is -1.18. The number of alkyl halides is 1. The fraction of sp³-hybridized carbons (Fsp3) is 0.222. The largest absolute Gasteiger partial charge is 0.491 e. The SMILES string of the molecule is COc1cc(NS(=O)(=O)c2cccc3c(=O)n(C)ccc23)c(F)nc1OCCF. The Balaban J connectivity index is 2.06. The monoisotopic (exact) mass is 425 g/mol. The predicted molar refractivity (Wildman–Crippen MR) is 102 cm³/mol. The molecule has 0 atom stereocenters. The Kier molecular flexibility index (Phi) is 5.69. The molecule has 0 spiro atoms. The summed E-state index contributed by atoms with van der Waals surface area (Å²) in [6.07, 6.45) is 1.44. The number of sulfonamides is 1. The van der Waals surface area contributed by atoms with E-state index in [9.17, 15) is 22.0 Å². The van der Waals surface area contributed by atoms with Crippen molar-refractivity contribution < 1.29 is 26.7 Å². The predicted octanol–water partition coefficient (Wildman–Crippen LogP) is 2.23. The second kappa shape index (κ2) is 8.03. The number of methoxy groups -OCH3 is 1. The molecule has 154 valence electrons. The van der Waals surface area contributed by atoms with Crippen LogP contribution in [0.4, 0.5) is 14.5 Å². The van der Waals surface area contributed by atoms with Gasteiger partial charge < -0.3 is 14.0 Å². The van der Waals surface area contributed by atoms with Gasteiger partial charge in [0, 0.05) is 30.1 Å². The van der Waals surface area contributed by atoms with Crippen molar-refractivity contribution in [1.29, 1.82) is 0 Å². The minimum Gasteiger partial charge on any atom is -0.491 e. The zero-order valence-corrected chi connectivity index (χ0v) is 16.3. The lowest BCUT2D eigenvalue weighted by Gasteiger charge is -2.14. The normalized spacial score (nSPS) is 11.4. The molecule has 11 heteroatoms. The first-order valence-corrected chi connectivity index (χ1v) is 9.81. The Morgan fingerprint density at radius 2 is 2.00 bits per heavy atom. The number of ether oxygens (including phenoxy) is 2. The zero-order chi connectivity index (χ0) is 21.2. The number of rotatable bonds is 7. The van der Waals surface area contributed by atoms with Gasteiger partial charge in [-0.3, -0.25) is 9.52 Å². The summed E-state index contributed by atoms with van der Waals surface area (Å²) < 4.78 is 65.8. The Morgan fingerprint density at radius 3 is 2.69 bits per heavy atom. The Hall–Kier alpha value is -3.21. The summed E-state index contributed by atoms with van der Waals surface area (Å²) in [6, 6.07) is 6.73. The summed E-state index contributed by atoms with van der Waals surface area (Å²) in [7, 11) is -1.49. The summed E-state index contributed by atoms with van der Waals surface area (Å²) in [5.74, 6) is -1.57. The van der Waals surface area contributed by atoms with Crippen LogP contribution in [0.2, 0.25) is 0 Å². The van der Waals surface area contributed by atoms with Gasteiger partial charge in [-0.1, -0.05) is 6.07 Å². The highest BCUT2D eigenvalue weighted by molar-refractivity contribution is 7.93. The van der Waals surface area contributed by atoms with Gasteiger partial charge in [-0.25, -0.2) is 12.8 Å². The number of fused-ring (bicyclic) bond motifs is 1. The second-order valence-electron chi connectivity index (χ2n) is 5.93. The molecule has 3 rings (SSSR count). The van der Waals surface area contributed by atoms with Gasteiger partial charge in [-0.2, -0.15) is 9.37 Å². The number of aromatic nitrogens is 2. The molecule has 0 aliphatic rings. The van der Waals surface area contributed by atoms with Crippen LogP contribution in [0.15, 0.2) is 46.2 Å². The van der Waals surface area contributed by atoms with Crippen LogP contribution in [-0.2, 0) is 17.1 Å². The maximum absolute atomic E-state index is 14.4.